The van der Waals surface area contributed by atoms with E-state index >= 15 is 0 Å². The molecule has 0 saturated carbocycles. The van der Waals surface area contributed by atoms with Crippen molar-refractivity contribution in [3.05, 3.63) is 76.1 Å². The van der Waals surface area contributed by atoms with Gasteiger partial charge in [-0.25, -0.2) is 0 Å². The van der Waals surface area contributed by atoms with Gasteiger partial charge in [-0.2, -0.15) is 4.99 Å². The predicted molar refractivity (Wildman–Crippen MR) is 120 cm³/mol. The van der Waals surface area contributed by atoms with Crippen molar-refractivity contribution in [2.75, 3.05) is 6.61 Å². The Morgan fingerprint density at radius 1 is 1.03 bits per heavy atom. The van der Waals surface area contributed by atoms with Crippen LogP contribution in [0, 0.1) is 13.8 Å². The van der Waals surface area contributed by atoms with Crippen molar-refractivity contribution in [1.82, 2.24) is 4.57 Å². The number of carbonyl (C=O) groups is 2. The number of thiazole rings is 1. The topological polar surface area (TPSA) is 60.7 Å². The fraction of sp³-hybridized carbons (Fsp3) is 0.208. The average molecular weight is 419 g/mol. The van der Waals surface area contributed by atoms with Crippen LogP contribution in [0.4, 0.5) is 0 Å². The number of hydrogen-bond donors (Lipinski definition) is 0. The molecule has 0 bridgehead atoms. The zero-order valence-corrected chi connectivity index (χ0v) is 18.0. The first-order valence-corrected chi connectivity index (χ1v) is 10.6. The van der Waals surface area contributed by atoms with Crippen molar-refractivity contribution in [3.63, 3.8) is 0 Å². The third-order valence-electron chi connectivity index (χ3n) is 5.12. The number of benzene rings is 3. The Morgan fingerprint density at radius 2 is 1.83 bits per heavy atom. The van der Waals surface area contributed by atoms with Gasteiger partial charge >= 0.3 is 5.97 Å². The summed E-state index contributed by atoms with van der Waals surface area (Å²) in [6.45, 7) is 6.06. The van der Waals surface area contributed by atoms with Crippen LogP contribution < -0.4 is 4.80 Å². The summed E-state index contributed by atoms with van der Waals surface area (Å²) in [5.74, 6) is -0.683. The van der Waals surface area contributed by atoms with Gasteiger partial charge in [0.15, 0.2) is 4.80 Å². The maximum atomic E-state index is 12.9. The van der Waals surface area contributed by atoms with Crippen molar-refractivity contribution in [1.29, 1.82) is 0 Å². The molecule has 1 aromatic heterocycles. The molecule has 0 aliphatic carbocycles. The molecule has 0 aliphatic rings. The van der Waals surface area contributed by atoms with Crippen LogP contribution in [0.25, 0.3) is 21.0 Å². The van der Waals surface area contributed by atoms with E-state index in [-0.39, 0.29) is 18.4 Å². The highest BCUT2D eigenvalue weighted by molar-refractivity contribution is 7.17. The summed E-state index contributed by atoms with van der Waals surface area (Å²) >= 11 is 1.41. The van der Waals surface area contributed by atoms with Gasteiger partial charge in [0.1, 0.15) is 6.54 Å². The predicted octanol–water partition coefficient (Wildman–Crippen LogP) is 4.78. The molecule has 0 unspecified atom stereocenters. The van der Waals surface area contributed by atoms with E-state index in [4.69, 9.17) is 4.74 Å². The molecular weight excluding hydrogens is 396 g/mol. The molecule has 4 rings (SSSR count). The number of hydrogen-bond acceptors (Lipinski definition) is 4. The fourth-order valence-electron chi connectivity index (χ4n) is 3.40. The highest BCUT2D eigenvalue weighted by Crippen LogP contribution is 2.27. The molecule has 1 heterocycles. The van der Waals surface area contributed by atoms with Gasteiger partial charge in [0, 0.05) is 10.9 Å². The van der Waals surface area contributed by atoms with Crippen molar-refractivity contribution in [2.45, 2.75) is 27.3 Å². The van der Waals surface area contributed by atoms with E-state index in [1.165, 1.54) is 11.3 Å². The molecule has 152 valence electrons. The van der Waals surface area contributed by atoms with E-state index < -0.39 is 0 Å². The molecule has 5 nitrogen and oxygen atoms in total. The van der Waals surface area contributed by atoms with Crippen LogP contribution in [-0.2, 0) is 16.1 Å². The number of aromatic nitrogens is 1. The Morgan fingerprint density at radius 3 is 2.60 bits per heavy atom. The Hall–Kier alpha value is -3.25. The molecule has 6 heteroatoms. The number of fused-ring (bicyclic) bond motifs is 3. The molecule has 3 aromatic carbocycles. The Bertz CT molecular complexity index is 1350. The van der Waals surface area contributed by atoms with Crippen molar-refractivity contribution in [3.8, 4) is 0 Å². The largest absolute Gasteiger partial charge is 0.465 e. The molecule has 4 aromatic rings. The third kappa shape index (κ3) is 3.78. The summed E-state index contributed by atoms with van der Waals surface area (Å²) in [5.41, 5.74) is 3.55. The van der Waals surface area contributed by atoms with Crippen molar-refractivity contribution >= 4 is 44.2 Å². The van der Waals surface area contributed by atoms with E-state index in [2.05, 4.69) is 4.99 Å². The van der Waals surface area contributed by atoms with Gasteiger partial charge in [0.2, 0.25) is 0 Å². The Labute approximate surface area is 178 Å². The lowest BCUT2D eigenvalue weighted by Crippen LogP contribution is -2.23. The third-order valence-corrected chi connectivity index (χ3v) is 6.24. The Balaban J connectivity index is 1.91. The fourth-order valence-corrected chi connectivity index (χ4v) is 4.56. The molecular formula is C24H22N2O3S. The summed E-state index contributed by atoms with van der Waals surface area (Å²) in [6.07, 6.45) is 0. The number of amides is 1. The second kappa shape index (κ2) is 8.24. The first kappa shape index (κ1) is 20.0. The van der Waals surface area contributed by atoms with Gasteiger partial charge in [-0.1, -0.05) is 47.7 Å². The summed E-state index contributed by atoms with van der Waals surface area (Å²) in [4.78, 5) is 30.0. The standard InChI is InChI=1S/C24H22N2O3S/c1-4-29-21(27)14-26-20-12-11-17-7-5-6-8-19(17)22(20)30-24(26)25-23(28)18-10-9-15(2)16(3)13-18/h5-13H,4,14H2,1-3H3. The molecule has 0 atom stereocenters. The second-order valence-electron chi connectivity index (χ2n) is 7.13. The number of ether oxygens (including phenoxy) is 1. The highest BCUT2D eigenvalue weighted by atomic mass is 32.1. The molecule has 0 aliphatic heterocycles. The van der Waals surface area contributed by atoms with Crippen LogP contribution in [0.1, 0.15) is 28.4 Å². The number of esters is 1. The highest BCUT2D eigenvalue weighted by Gasteiger charge is 2.15. The molecule has 0 spiro atoms. The van der Waals surface area contributed by atoms with E-state index in [0.717, 1.165) is 32.1 Å². The maximum absolute atomic E-state index is 12.9. The minimum Gasteiger partial charge on any atom is -0.465 e. The smallest absolute Gasteiger partial charge is 0.326 e. The normalized spacial score (nSPS) is 11.9. The van der Waals surface area contributed by atoms with Crippen LogP contribution >= 0.6 is 11.3 Å². The number of carbonyl (C=O) groups excluding carboxylic acids is 2. The van der Waals surface area contributed by atoms with E-state index in [1.54, 1.807) is 17.6 Å². The van der Waals surface area contributed by atoms with Gasteiger partial charge in [-0.3, -0.25) is 9.59 Å². The lowest BCUT2D eigenvalue weighted by molar-refractivity contribution is -0.143. The molecule has 0 fully saturated rings. The zero-order valence-electron chi connectivity index (χ0n) is 17.1. The van der Waals surface area contributed by atoms with Crippen molar-refractivity contribution < 1.29 is 14.3 Å². The first-order chi connectivity index (χ1) is 14.5. The Kier molecular flexibility index (Phi) is 5.50. The van der Waals surface area contributed by atoms with Gasteiger partial charge < -0.3 is 9.30 Å². The lowest BCUT2D eigenvalue weighted by atomic mass is 10.1. The van der Waals surface area contributed by atoms with Crippen LogP contribution in [0.2, 0.25) is 0 Å². The average Bonchev–Trinajstić information content (AvgIpc) is 3.07. The summed E-state index contributed by atoms with van der Waals surface area (Å²) in [7, 11) is 0. The molecule has 0 radical (unpaired) electrons. The van der Waals surface area contributed by atoms with Gasteiger partial charge in [0.25, 0.3) is 5.91 Å². The van der Waals surface area contributed by atoms with E-state index in [9.17, 15) is 9.59 Å². The van der Waals surface area contributed by atoms with Gasteiger partial charge in [0.05, 0.1) is 16.8 Å². The molecule has 1 amide bonds. The quantitative estimate of drug-likeness (QED) is 0.448. The molecule has 30 heavy (non-hydrogen) atoms. The second-order valence-corrected chi connectivity index (χ2v) is 8.10. The van der Waals surface area contributed by atoms with Crippen molar-refractivity contribution in [2.24, 2.45) is 4.99 Å². The zero-order chi connectivity index (χ0) is 21.3. The minimum atomic E-state index is -0.356. The van der Waals surface area contributed by atoms with Gasteiger partial charge in [-0.05, 0) is 55.5 Å². The summed E-state index contributed by atoms with van der Waals surface area (Å²) in [6, 6.07) is 17.6. The molecule has 0 saturated heterocycles. The van der Waals surface area contributed by atoms with Crippen LogP contribution in [0.15, 0.2) is 59.6 Å². The monoisotopic (exact) mass is 418 g/mol. The van der Waals surface area contributed by atoms with Crippen LogP contribution in [-0.4, -0.2) is 23.1 Å². The van der Waals surface area contributed by atoms with Crippen LogP contribution in [0.3, 0.4) is 0 Å². The first-order valence-electron chi connectivity index (χ1n) is 9.81. The maximum Gasteiger partial charge on any atom is 0.326 e. The molecule has 0 N–H and O–H groups in total. The van der Waals surface area contributed by atoms with Gasteiger partial charge in [-0.15, -0.1) is 0 Å². The summed E-state index contributed by atoms with van der Waals surface area (Å²) in [5, 5.41) is 2.17. The van der Waals surface area contributed by atoms with E-state index in [0.29, 0.717) is 17.0 Å². The lowest BCUT2D eigenvalue weighted by Gasteiger charge is -2.06. The van der Waals surface area contributed by atoms with Crippen LogP contribution in [0.5, 0.6) is 0 Å². The number of aryl methyl sites for hydroxylation is 2. The summed E-state index contributed by atoms with van der Waals surface area (Å²) < 4.78 is 7.90. The number of nitrogens with zero attached hydrogens (tertiary/aromatic N) is 2. The van der Waals surface area contributed by atoms with E-state index in [1.807, 2.05) is 62.4 Å². The SMILES string of the molecule is CCOC(=O)Cn1c(=NC(=O)c2ccc(C)c(C)c2)sc2c3ccccc3ccc21. The number of rotatable bonds is 4. The minimum absolute atomic E-state index is 0.00518.